The van der Waals surface area contributed by atoms with Gasteiger partial charge in [-0.05, 0) is 31.0 Å². The summed E-state index contributed by atoms with van der Waals surface area (Å²) < 4.78 is 1.94. The molecule has 0 radical (unpaired) electrons. The highest BCUT2D eigenvalue weighted by molar-refractivity contribution is 5.93. The standard InChI is InChI=1S/C17H22N4O4/c1-10-14(3-6-22)11(2)18-15(10)17(24)21-5-4-20-8-12(16(23)19-25)7-13(20)9-21/h6-8,17-18,24-25H,3-5,9H2,1-2H3,(H,19,23). The number of amides is 1. The monoisotopic (exact) mass is 346 g/mol. The summed E-state index contributed by atoms with van der Waals surface area (Å²) in [5, 5.41) is 19.6. The molecule has 1 unspecified atom stereocenters. The molecular formula is C17H22N4O4. The number of rotatable bonds is 5. The minimum atomic E-state index is -0.821. The molecule has 4 N–H and O–H groups in total. The molecule has 1 amide bonds. The Hall–Kier alpha value is -2.42. The van der Waals surface area contributed by atoms with Crippen LogP contribution < -0.4 is 5.48 Å². The molecule has 1 atom stereocenters. The number of aldehydes is 1. The third-order valence-electron chi connectivity index (χ3n) is 4.87. The number of aliphatic hydroxyl groups excluding tert-OH is 1. The molecule has 2 aromatic heterocycles. The number of aromatic amines is 1. The number of H-pyrrole nitrogens is 1. The molecule has 134 valence electrons. The van der Waals surface area contributed by atoms with Crippen LogP contribution in [-0.2, 0) is 24.3 Å². The first-order valence-electron chi connectivity index (χ1n) is 8.13. The largest absolute Gasteiger partial charge is 0.372 e. The van der Waals surface area contributed by atoms with Gasteiger partial charge >= 0.3 is 0 Å². The van der Waals surface area contributed by atoms with E-state index < -0.39 is 12.1 Å². The van der Waals surface area contributed by atoms with Gasteiger partial charge in [-0.15, -0.1) is 0 Å². The van der Waals surface area contributed by atoms with Crippen LogP contribution in [0.1, 0.15) is 44.8 Å². The van der Waals surface area contributed by atoms with Crippen LogP contribution in [0, 0.1) is 13.8 Å². The summed E-state index contributed by atoms with van der Waals surface area (Å²) in [6.07, 6.45) is 2.05. The number of aliphatic hydroxyl groups is 1. The van der Waals surface area contributed by atoms with Crippen molar-refractivity contribution in [3.63, 3.8) is 0 Å². The fourth-order valence-corrected chi connectivity index (χ4v) is 3.46. The SMILES string of the molecule is Cc1[nH]c(C(O)N2CCn3cc(C(=O)NO)cc3C2)c(C)c1CC=O. The molecular weight excluding hydrogens is 324 g/mol. The first kappa shape index (κ1) is 17.4. The van der Waals surface area contributed by atoms with Crippen molar-refractivity contribution in [2.24, 2.45) is 0 Å². The quantitative estimate of drug-likeness (QED) is 0.364. The van der Waals surface area contributed by atoms with Crippen LogP contribution in [0.5, 0.6) is 0 Å². The lowest BCUT2D eigenvalue weighted by atomic mass is 10.1. The minimum absolute atomic E-state index is 0.323. The Balaban J connectivity index is 1.82. The lowest BCUT2D eigenvalue weighted by molar-refractivity contribution is -0.107. The molecule has 0 aromatic carbocycles. The first-order chi connectivity index (χ1) is 12.0. The van der Waals surface area contributed by atoms with Gasteiger partial charge < -0.3 is 19.5 Å². The van der Waals surface area contributed by atoms with E-state index >= 15 is 0 Å². The number of aryl methyl sites for hydroxylation is 1. The number of hydrogen-bond acceptors (Lipinski definition) is 5. The Morgan fingerprint density at radius 2 is 2.20 bits per heavy atom. The van der Waals surface area contributed by atoms with Crippen LogP contribution in [-0.4, -0.2) is 43.5 Å². The van der Waals surface area contributed by atoms with Crippen molar-refractivity contribution in [3.05, 3.63) is 46.0 Å². The molecule has 0 fully saturated rings. The highest BCUT2D eigenvalue weighted by Gasteiger charge is 2.27. The highest BCUT2D eigenvalue weighted by atomic mass is 16.5. The van der Waals surface area contributed by atoms with Crippen LogP contribution in [0.15, 0.2) is 12.3 Å². The van der Waals surface area contributed by atoms with Gasteiger partial charge in [0.2, 0.25) is 0 Å². The Morgan fingerprint density at radius 1 is 1.44 bits per heavy atom. The maximum absolute atomic E-state index is 11.5. The van der Waals surface area contributed by atoms with E-state index in [1.165, 1.54) is 0 Å². The molecule has 1 aliphatic rings. The summed E-state index contributed by atoms with van der Waals surface area (Å²) in [5.74, 6) is -0.552. The number of carbonyl (C=O) groups is 2. The maximum atomic E-state index is 11.5. The van der Waals surface area contributed by atoms with Gasteiger partial charge in [0.25, 0.3) is 5.91 Å². The fourth-order valence-electron chi connectivity index (χ4n) is 3.46. The number of nitrogens with zero attached hydrogens (tertiary/aromatic N) is 2. The normalized spacial score (nSPS) is 15.7. The van der Waals surface area contributed by atoms with Crippen LogP contribution in [0.2, 0.25) is 0 Å². The van der Waals surface area contributed by atoms with Crippen LogP contribution in [0.4, 0.5) is 0 Å². The smallest absolute Gasteiger partial charge is 0.276 e. The zero-order valence-corrected chi connectivity index (χ0v) is 14.2. The summed E-state index contributed by atoms with van der Waals surface area (Å²) in [4.78, 5) is 27.5. The molecule has 0 aliphatic carbocycles. The summed E-state index contributed by atoms with van der Waals surface area (Å²) >= 11 is 0. The van der Waals surface area contributed by atoms with Gasteiger partial charge in [0.05, 0.1) is 11.3 Å². The Morgan fingerprint density at radius 3 is 2.88 bits per heavy atom. The molecule has 3 rings (SSSR count). The highest BCUT2D eigenvalue weighted by Crippen LogP contribution is 2.29. The zero-order chi connectivity index (χ0) is 18.1. The third kappa shape index (κ3) is 3.11. The molecule has 1 aliphatic heterocycles. The predicted octanol–water partition coefficient (Wildman–Crippen LogP) is 0.800. The average molecular weight is 346 g/mol. The van der Waals surface area contributed by atoms with Gasteiger partial charge in [-0.25, -0.2) is 5.48 Å². The van der Waals surface area contributed by atoms with E-state index in [1.54, 1.807) is 17.7 Å². The number of fused-ring (bicyclic) bond motifs is 1. The van der Waals surface area contributed by atoms with Crippen LogP contribution in [0.25, 0.3) is 0 Å². The zero-order valence-electron chi connectivity index (χ0n) is 14.2. The van der Waals surface area contributed by atoms with E-state index in [2.05, 4.69) is 4.98 Å². The second-order valence-electron chi connectivity index (χ2n) is 6.34. The predicted molar refractivity (Wildman–Crippen MR) is 89.1 cm³/mol. The van der Waals surface area contributed by atoms with E-state index in [-0.39, 0.29) is 0 Å². The number of aromatic nitrogens is 2. The van der Waals surface area contributed by atoms with Crippen molar-refractivity contribution in [2.45, 2.75) is 39.6 Å². The number of nitrogens with one attached hydrogen (secondary N) is 2. The molecule has 3 heterocycles. The number of carbonyl (C=O) groups excluding carboxylic acids is 2. The van der Waals surface area contributed by atoms with Gasteiger partial charge in [0.1, 0.15) is 12.5 Å². The first-order valence-corrected chi connectivity index (χ1v) is 8.13. The molecule has 0 spiro atoms. The lowest BCUT2D eigenvalue weighted by Crippen LogP contribution is -2.36. The fraction of sp³-hybridized carbons (Fsp3) is 0.412. The van der Waals surface area contributed by atoms with Crippen molar-refractivity contribution in [1.29, 1.82) is 0 Å². The molecule has 8 heteroatoms. The Bertz CT molecular complexity index is 808. The molecule has 25 heavy (non-hydrogen) atoms. The second kappa shape index (κ2) is 6.83. The van der Waals surface area contributed by atoms with Crippen molar-refractivity contribution in [1.82, 2.24) is 19.9 Å². The Kier molecular flexibility index (Phi) is 4.76. The third-order valence-corrected chi connectivity index (χ3v) is 4.87. The molecule has 0 saturated carbocycles. The molecule has 2 aromatic rings. The van der Waals surface area contributed by atoms with Crippen LogP contribution >= 0.6 is 0 Å². The van der Waals surface area contributed by atoms with Gasteiger partial charge in [-0.2, -0.15) is 0 Å². The second-order valence-corrected chi connectivity index (χ2v) is 6.34. The van der Waals surface area contributed by atoms with Crippen molar-refractivity contribution in [2.75, 3.05) is 6.54 Å². The van der Waals surface area contributed by atoms with Gasteiger partial charge in [0.15, 0.2) is 0 Å². The van der Waals surface area contributed by atoms with Gasteiger partial charge in [0, 0.05) is 43.6 Å². The average Bonchev–Trinajstić information content (AvgIpc) is 3.16. The number of hydrogen-bond donors (Lipinski definition) is 4. The van der Waals surface area contributed by atoms with E-state index in [9.17, 15) is 14.7 Å². The lowest BCUT2D eigenvalue weighted by Gasteiger charge is -2.32. The van der Waals surface area contributed by atoms with E-state index in [4.69, 9.17) is 5.21 Å². The van der Waals surface area contributed by atoms with Gasteiger partial charge in [-0.1, -0.05) is 0 Å². The minimum Gasteiger partial charge on any atom is -0.372 e. The van der Waals surface area contributed by atoms with E-state index in [0.29, 0.717) is 37.3 Å². The summed E-state index contributed by atoms with van der Waals surface area (Å²) in [7, 11) is 0. The molecule has 0 saturated heterocycles. The van der Waals surface area contributed by atoms with Gasteiger partial charge in [-0.3, -0.25) is 14.9 Å². The molecule has 8 nitrogen and oxygen atoms in total. The topological polar surface area (TPSA) is 111 Å². The maximum Gasteiger partial charge on any atom is 0.276 e. The van der Waals surface area contributed by atoms with E-state index in [0.717, 1.165) is 28.8 Å². The van der Waals surface area contributed by atoms with Crippen molar-refractivity contribution < 1.29 is 19.9 Å². The molecule has 0 bridgehead atoms. The summed E-state index contributed by atoms with van der Waals surface area (Å²) in [6, 6.07) is 1.70. The Labute approximate surface area is 145 Å². The summed E-state index contributed by atoms with van der Waals surface area (Å²) in [5.41, 5.74) is 6.31. The van der Waals surface area contributed by atoms with Crippen LogP contribution in [0.3, 0.4) is 0 Å². The number of hydroxylamine groups is 1. The van der Waals surface area contributed by atoms with Crippen molar-refractivity contribution >= 4 is 12.2 Å². The van der Waals surface area contributed by atoms with E-state index in [1.807, 2.05) is 23.3 Å². The summed E-state index contributed by atoms with van der Waals surface area (Å²) in [6.45, 7) is 5.51. The van der Waals surface area contributed by atoms with Crippen molar-refractivity contribution in [3.8, 4) is 0 Å².